The predicted octanol–water partition coefficient (Wildman–Crippen LogP) is 2.42. The van der Waals surface area contributed by atoms with Gasteiger partial charge in [-0.1, -0.05) is 0 Å². The molecule has 0 N–H and O–H groups in total. The number of halogens is 1. The molecule has 0 atom stereocenters. The molecule has 0 unspecified atom stereocenters. The molecule has 0 radical (unpaired) electrons. The van der Waals surface area contributed by atoms with Crippen LogP contribution in [-0.2, 0) is 17.8 Å². The Morgan fingerprint density at radius 3 is 2.58 bits per heavy atom. The van der Waals surface area contributed by atoms with Crippen LogP contribution in [-0.4, -0.2) is 40.8 Å². The van der Waals surface area contributed by atoms with Gasteiger partial charge in [-0.25, -0.2) is 4.39 Å². The number of ether oxygens (including phenoxy) is 1. The number of fused-ring (bicyclic) bond motifs is 1. The Labute approximate surface area is 150 Å². The number of hydrogen-bond acceptors (Lipinski definition) is 4. The molecule has 1 aliphatic heterocycles. The zero-order chi connectivity index (χ0) is 17.9. The molecule has 134 valence electrons. The Kier molecular flexibility index (Phi) is 4.77. The molecule has 6 heteroatoms. The molecule has 4 rings (SSSR count). The topological polar surface area (TPSA) is 47.4 Å². The lowest BCUT2D eigenvalue weighted by molar-refractivity contribution is 0.0340. The van der Waals surface area contributed by atoms with Gasteiger partial charge in [-0.2, -0.15) is 0 Å². The van der Waals surface area contributed by atoms with Crippen molar-refractivity contribution in [3.63, 3.8) is 0 Å². The minimum atomic E-state index is -0.346. The smallest absolute Gasteiger partial charge is 0.255 e. The van der Waals surface area contributed by atoms with Crippen LogP contribution >= 0.6 is 0 Å². The lowest BCUT2D eigenvalue weighted by Crippen LogP contribution is -2.38. The van der Waals surface area contributed by atoms with Gasteiger partial charge in [0.2, 0.25) is 0 Å². The first-order chi connectivity index (χ1) is 12.7. The molecule has 5 nitrogen and oxygen atoms in total. The van der Waals surface area contributed by atoms with Gasteiger partial charge in [0.25, 0.3) is 5.56 Å². The summed E-state index contributed by atoms with van der Waals surface area (Å²) in [4.78, 5) is 19.4. The van der Waals surface area contributed by atoms with Crippen molar-refractivity contribution in [2.45, 2.75) is 13.1 Å². The SMILES string of the molecule is O=c1c(CN2CCOCC2)cc2ccc(F)cc2n1Cc1ccncc1. The van der Waals surface area contributed by atoms with E-state index in [-0.39, 0.29) is 11.4 Å². The van der Waals surface area contributed by atoms with Crippen LogP contribution in [0.5, 0.6) is 0 Å². The van der Waals surface area contributed by atoms with Crippen LogP contribution in [0.15, 0.2) is 53.6 Å². The highest BCUT2D eigenvalue weighted by atomic mass is 19.1. The second-order valence-electron chi connectivity index (χ2n) is 6.51. The van der Waals surface area contributed by atoms with Crippen molar-refractivity contribution in [2.24, 2.45) is 0 Å². The summed E-state index contributed by atoms with van der Waals surface area (Å²) in [5.74, 6) is -0.346. The Bertz CT molecular complexity index is 966. The van der Waals surface area contributed by atoms with E-state index in [0.717, 1.165) is 29.6 Å². The fourth-order valence-electron chi connectivity index (χ4n) is 3.35. The molecule has 3 heterocycles. The molecular formula is C20H20FN3O2. The lowest BCUT2D eigenvalue weighted by atomic mass is 10.1. The number of hydrogen-bond donors (Lipinski definition) is 0. The summed E-state index contributed by atoms with van der Waals surface area (Å²) in [5.41, 5.74) is 2.21. The van der Waals surface area contributed by atoms with E-state index in [4.69, 9.17) is 4.74 Å². The highest BCUT2D eigenvalue weighted by Gasteiger charge is 2.16. The lowest BCUT2D eigenvalue weighted by Gasteiger charge is -2.26. The van der Waals surface area contributed by atoms with Crippen LogP contribution < -0.4 is 5.56 Å². The van der Waals surface area contributed by atoms with Crippen molar-refractivity contribution >= 4 is 10.9 Å². The molecule has 1 fully saturated rings. The molecule has 26 heavy (non-hydrogen) atoms. The third-order valence-corrected chi connectivity index (χ3v) is 4.72. The van der Waals surface area contributed by atoms with Crippen molar-refractivity contribution in [3.05, 3.63) is 76.1 Å². The van der Waals surface area contributed by atoms with Crippen molar-refractivity contribution in [1.82, 2.24) is 14.5 Å². The van der Waals surface area contributed by atoms with E-state index >= 15 is 0 Å². The van der Waals surface area contributed by atoms with Crippen molar-refractivity contribution in [1.29, 1.82) is 0 Å². The second kappa shape index (κ2) is 7.35. The quantitative estimate of drug-likeness (QED) is 0.723. The predicted molar refractivity (Wildman–Crippen MR) is 97.6 cm³/mol. The highest BCUT2D eigenvalue weighted by molar-refractivity contribution is 5.79. The molecule has 1 aromatic carbocycles. The van der Waals surface area contributed by atoms with Gasteiger partial charge >= 0.3 is 0 Å². The number of aromatic nitrogens is 2. The molecule has 0 bridgehead atoms. The number of nitrogens with zero attached hydrogens (tertiary/aromatic N) is 3. The first-order valence-electron chi connectivity index (χ1n) is 8.72. The summed E-state index contributed by atoms with van der Waals surface area (Å²) >= 11 is 0. The average molecular weight is 353 g/mol. The van der Waals surface area contributed by atoms with E-state index in [0.29, 0.717) is 31.8 Å². The molecule has 0 aliphatic carbocycles. The van der Waals surface area contributed by atoms with Gasteiger partial charge in [0.05, 0.1) is 25.3 Å². The Morgan fingerprint density at radius 1 is 1.04 bits per heavy atom. The standard InChI is InChI=1S/C20H20FN3O2/c21-18-2-1-16-11-17(14-23-7-9-26-10-8-23)20(25)24(19(16)12-18)13-15-3-5-22-6-4-15/h1-6,11-12H,7-10,13-14H2. The van der Waals surface area contributed by atoms with E-state index in [2.05, 4.69) is 9.88 Å². The summed E-state index contributed by atoms with van der Waals surface area (Å²) in [6.45, 7) is 3.95. The Balaban J connectivity index is 1.79. The molecular weight excluding hydrogens is 333 g/mol. The first kappa shape index (κ1) is 16.9. The van der Waals surface area contributed by atoms with Crippen molar-refractivity contribution in [2.75, 3.05) is 26.3 Å². The Hall–Kier alpha value is -2.57. The monoisotopic (exact) mass is 353 g/mol. The zero-order valence-corrected chi connectivity index (χ0v) is 14.4. The number of benzene rings is 1. The zero-order valence-electron chi connectivity index (χ0n) is 14.4. The molecule has 0 saturated carbocycles. The van der Waals surface area contributed by atoms with E-state index in [1.807, 2.05) is 18.2 Å². The molecule has 1 aliphatic rings. The maximum Gasteiger partial charge on any atom is 0.255 e. The van der Waals surface area contributed by atoms with Gasteiger partial charge in [0.1, 0.15) is 5.82 Å². The van der Waals surface area contributed by atoms with E-state index in [9.17, 15) is 9.18 Å². The average Bonchev–Trinajstić information content (AvgIpc) is 2.67. The number of rotatable bonds is 4. The van der Waals surface area contributed by atoms with E-state index in [1.165, 1.54) is 12.1 Å². The molecule has 0 spiro atoms. The van der Waals surface area contributed by atoms with Crippen LogP contribution in [0.25, 0.3) is 10.9 Å². The third kappa shape index (κ3) is 3.52. The summed E-state index contributed by atoms with van der Waals surface area (Å²) in [6.07, 6.45) is 3.39. The summed E-state index contributed by atoms with van der Waals surface area (Å²) < 4.78 is 20.9. The molecule has 3 aromatic rings. The maximum atomic E-state index is 13.8. The molecule has 0 amide bonds. The normalized spacial score (nSPS) is 15.4. The fraction of sp³-hybridized carbons (Fsp3) is 0.300. The van der Waals surface area contributed by atoms with E-state index in [1.54, 1.807) is 23.0 Å². The van der Waals surface area contributed by atoms with E-state index < -0.39 is 0 Å². The van der Waals surface area contributed by atoms with Crippen LogP contribution in [0.1, 0.15) is 11.1 Å². The Morgan fingerprint density at radius 2 is 1.81 bits per heavy atom. The minimum absolute atomic E-state index is 0.0774. The molecule has 2 aromatic heterocycles. The van der Waals surface area contributed by atoms with Crippen molar-refractivity contribution in [3.8, 4) is 0 Å². The van der Waals surface area contributed by atoms with Crippen molar-refractivity contribution < 1.29 is 9.13 Å². The van der Waals surface area contributed by atoms with Gasteiger partial charge in [-0.3, -0.25) is 14.7 Å². The number of pyridine rings is 2. The van der Waals surface area contributed by atoms with Crippen LogP contribution in [0.3, 0.4) is 0 Å². The largest absolute Gasteiger partial charge is 0.379 e. The maximum absolute atomic E-state index is 13.8. The second-order valence-corrected chi connectivity index (χ2v) is 6.51. The van der Waals surface area contributed by atoms with Crippen LogP contribution in [0.2, 0.25) is 0 Å². The highest BCUT2D eigenvalue weighted by Crippen LogP contribution is 2.18. The fourth-order valence-corrected chi connectivity index (χ4v) is 3.35. The van der Waals surface area contributed by atoms with Crippen LogP contribution in [0.4, 0.5) is 4.39 Å². The first-order valence-corrected chi connectivity index (χ1v) is 8.72. The van der Waals surface area contributed by atoms with Gasteiger partial charge in [-0.15, -0.1) is 0 Å². The van der Waals surface area contributed by atoms with Gasteiger partial charge in [0.15, 0.2) is 0 Å². The van der Waals surface area contributed by atoms with Gasteiger partial charge in [-0.05, 0) is 47.3 Å². The summed E-state index contributed by atoms with van der Waals surface area (Å²) in [5, 5.41) is 0.864. The summed E-state index contributed by atoms with van der Waals surface area (Å²) in [7, 11) is 0. The number of morpholine rings is 1. The van der Waals surface area contributed by atoms with Crippen LogP contribution in [0, 0.1) is 5.82 Å². The van der Waals surface area contributed by atoms with Gasteiger partial charge in [0, 0.05) is 37.6 Å². The minimum Gasteiger partial charge on any atom is -0.379 e. The molecule has 1 saturated heterocycles. The van der Waals surface area contributed by atoms with Gasteiger partial charge < -0.3 is 9.30 Å². The summed E-state index contributed by atoms with van der Waals surface area (Å²) in [6, 6.07) is 10.2. The third-order valence-electron chi connectivity index (χ3n) is 4.72.